The normalized spacial score (nSPS) is 24.4. The van der Waals surface area contributed by atoms with Crippen molar-refractivity contribution in [2.75, 3.05) is 11.5 Å². The number of rotatable bonds is 5. The number of hydrogen-bond acceptors (Lipinski definition) is 8. The van der Waals surface area contributed by atoms with Crippen molar-refractivity contribution in [2.24, 2.45) is 5.41 Å². The van der Waals surface area contributed by atoms with Crippen LogP contribution in [0.3, 0.4) is 0 Å². The molecule has 0 saturated heterocycles. The Morgan fingerprint density at radius 2 is 2.00 bits per heavy atom. The Bertz CT molecular complexity index is 1480. The van der Waals surface area contributed by atoms with E-state index >= 15 is 0 Å². The first-order valence-electron chi connectivity index (χ1n) is 11.1. The summed E-state index contributed by atoms with van der Waals surface area (Å²) in [6.07, 6.45) is 1.15. The number of nitrogen functional groups attached to an aromatic ring is 2. The molecule has 3 aromatic heterocycles. The molecule has 1 aliphatic carbocycles. The number of carbonyl (C=O) groups excluding carboxylic acids is 1. The van der Waals surface area contributed by atoms with Gasteiger partial charge in [-0.25, -0.2) is 19.3 Å². The number of hydrogen-bond donors (Lipinski definition) is 4. The number of nitrogens with two attached hydrogens (primary N) is 2. The Morgan fingerprint density at radius 1 is 1.23 bits per heavy atom. The van der Waals surface area contributed by atoms with Crippen LogP contribution in [-0.2, 0) is 11.2 Å². The van der Waals surface area contributed by atoms with Gasteiger partial charge in [0, 0.05) is 11.6 Å². The van der Waals surface area contributed by atoms with Gasteiger partial charge in [0.2, 0.25) is 0 Å². The second-order valence-electron chi connectivity index (χ2n) is 9.14. The first-order valence-corrected chi connectivity index (χ1v) is 11.5. The van der Waals surface area contributed by atoms with Crippen LogP contribution < -0.4 is 11.5 Å². The van der Waals surface area contributed by atoms with Gasteiger partial charge in [-0.1, -0.05) is 11.6 Å². The average molecular weight is 499 g/mol. The van der Waals surface area contributed by atoms with Crippen LogP contribution in [0.15, 0.2) is 36.8 Å². The van der Waals surface area contributed by atoms with Crippen molar-refractivity contribution < 1.29 is 19.4 Å². The third-order valence-electron chi connectivity index (χ3n) is 7.24. The quantitative estimate of drug-likeness (QED) is 0.327. The molecule has 11 heteroatoms. The number of halogens is 2. The van der Waals surface area contributed by atoms with E-state index in [1.165, 1.54) is 25.4 Å². The number of anilines is 2. The topological polar surface area (TPSA) is 153 Å². The van der Waals surface area contributed by atoms with Crippen LogP contribution >= 0.6 is 11.6 Å². The van der Waals surface area contributed by atoms with Crippen LogP contribution in [0.5, 0.6) is 0 Å². The van der Waals surface area contributed by atoms with Crippen LogP contribution in [0, 0.1) is 11.2 Å². The van der Waals surface area contributed by atoms with E-state index < -0.39 is 29.5 Å². The van der Waals surface area contributed by atoms with E-state index in [1.807, 2.05) is 0 Å². The van der Waals surface area contributed by atoms with Gasteiger partial charge in [0.05, 0.1) is 33.5 Å². The summed E-state index contributed by atoms with van der Waals surface area (Å²) in [6.45, 7) is 1.40. The van der Waals surface area contributed by atoms with E-state index in [0.29, 0.717) is 27.9 Å². The zero-order valence-corrected chi connectivity index (χ0v) is 19.6. The number of ketones is 1. The molecule has 0 bridgehead atoms. The molecule has 0 amide bonds. The zero-order chi connectivity index (χ0) is 25.1. The van der Waals surface area contributed by atoms with Crippen LogP contribution in [0.25, 0.3) is 21.9 Å². The van der Waals surface area contributed by atoms with E-state index in [4.69, 9.17) is 23.1 Å². The largest absolute Gasteiger partial charge is 0.389 e. The number of benzene rings is 1. The van der Waals surface area contributed by atoms with Gasteiger partial charge in [-0.2, -0.15) is 0 Å². The second kappa shape index (κ2) is 8.40. The van der Waals surface area contributed by atoms with Gasteiger partial charge in [-0.3, -0.25) is 4.79 Å². The standard InChI is InChI=1S/C24H24ClFN6O3/c1-11(33)24(4-2-12-6-16(26)14-8-15(25)22(28)31-17(14)7-12)9-18(19(34)20(24)35)32-5-3-13-21(27)29-10-30-23(13)32/h3,5-8,10,18-20,34-35H,2,4,9H2,1H3,(H2,28,31)(H2,27,29,30)/t18-,19+,20+,24+/m1/s1. The maximum absolute atomic E-state index is 14.8. The minimum absolute atomic E-state index is 0.0940. The number of nitrogens with zero attached hydrogens (tertiary/aromatic N) is 4. The summed E-state index contributed by atoms with van der Waals surface area (Å²) in [4.78, 5) is 25.3. The molecule has 0 aliphatic heterocycles. The molecule has 1 fully saturated rings. The van der Waals surface area contributed by atoms with Gasteiger partial charge < -0.3 is 26.2 Å². The summed E-state index contributed by atoms with van der Waals surface area (Å²) < 4.78 is 16.5. The highest BCUT2D eigenvalue weighted by Gasteiger charge is 2.55. The third-order valence-corrected chi connectivity index (χ3v) is 7.54. The average Bonchev–Trinajstić information content (AvgIpc) is 3.35. The predicted molar refractivity (Wildman–Crippen MR) is 130 cm³/mol. The molecular formula is C24H24ClFN6O3. The minimum Gasteiger partial charge on any atom is -0.389 e. The van der Waals surface area contributed by atoms with Gasteiger partial charge in [0.25, 0.3) is 0 Å². The lowest BCUT2D eigenvalue weighted by atomic mass is 9.75. The molecule has 5 rings (SSSR count). The number of fused-ring (bicyclic) bond motifs is 2. The lowest BCUT2D eigenvalue weighted by Crippen LogP contribution is -2.41. The van der Waals surface area contributed by atoms with Crippen LogP contribution in [0.2, 0.25) is 5.02 Å². The van der Waals surface area contributed by atoms with Gasteiger partial charge in [0.15, 0.2) is 0 Å². The van der Waals surface area contributed by atoms with Crippen molar-refractivity contribution in [1.29, 1.82) is 0 Å². The van der Waals surface area contributed by atoms with E-state index in [1.54, 1.807) is 22.9 Å². The number of aliphatic hydroxyl groups is 2. The summed E-state index contributed by atoms with van der Waals surface area (Å²) in [5.41, 5.74) is 11.9. The molecule has 0 radical (unpaired) electrons. The molecule has 0 unspecified atom stereocenters. The van der Waals surface area contributed by atoms with Crippen molar-refractivity contribution in [3.63, 3.8) is 0 Å². The number of Topliss-reactive ketones (excluding diaryl/α,β-unsaturated/α-hetero) is 1. The molecule has 35 heavy (non-hydrogen) atoms. The SMILES string of the molecule is CC(=O)[C@]1(CCc2cc(F)c3cc(Cl)c(N)nc3c2)C[C@@H](n2ccc3c(N)ncnc32)[C@H](O)[C@@H]1O. The van der Waals surface area contributed by atoms with E-state index in [-0.39, 0.29) is 41.3 Å². The number of carbonyl (C=O) groups is 1. The minimum atomic E-state index is -1.32. The molecular weight excluding hydrogens is 475 g/mol. The summed E-state index contributed by atoms with van der Waals surface area (Å²) in [5.74, 6) is -0.373. The highest BCUT2D eigenvalue weighted by molar-refractivity contribution is 6.33. The Labute approximate surface area is 204 Å². The summed E-state index contributed by atoms with van der Waals surface area (Å²) in [5, 5.41) is 23.1. The van der Waals surface area contributed by atoms with Crippen molar-refractivity contribution in [2.45, 2.75) is 44.4 Å². The molecule has 1 aromatic carbocycles. The third kappa shape index (κ3) is 3.69. The number of aryl methyl sites for hydroxylation is 1. The fourth-order valence-corrected chi connectivity index (χ4v) is 5.39. The summed E-state index contributed by atoms with van der Waals surface area (Å²) >= 11 is 5.97. The van der Waals surface area contributed by atoms with Gasteiger partial charge in [0.1, 0.15) is 41.3 Å². The van der Waals surface area contributed by atoms with Gasteiger partial charge in [-0.05, 0) is 56.0 Å². The van der Waals surface area contributed by atoms with Crippen LogP contribution in [0.1, 0.15) is 31.4 Å². The van der Waals surface area contributed by atoms with Crippen molar-refractivity contribution >= 4 is 51.0 Å². The summed E-state index contributed by atoms with van der Waals surface area (Å²) in [6, 6.07) is 5.60. The van der Waals surface area contributed by atoms with Crippen LogP contribution in [-0.4, -0.2) is 47.7 Å². The molecule has 4 atom stereocenters. The number of aliphatic hydroxyl groups excluding tert-OH is 2. The summed E-state index contributed by atoms with van der Waals surface area (Å²) in [7, 11) is 0. The molecule has 9 nitrogen and oxygen atoms in total. The highest BCUT2D eigenvalue weighted by Crippen LogP contribution is 2.49. The Kier molecular flexibility index (Phi) is 5.62. The van der Waals surface area contributed by atoms with E-state index in [9.17, 15) is 19.4 Å². The fourth-order valence-electron chi connectivity index (χ4n) is 5.24. The van der Waals surface area contributed by atoms with Crippen molar-refractivity contribution in [1.82, 2.24) is 19.5 Å². The van der Waals surface area contributed by atoms with Crippen molar-refractivity contribution in [3.8, 4) is 0 Å². The molecule has 3 heterocycles. The number of pyridine rings is 1. The highest BCUT2D eigenvalue weighted by atomic mass is 35.5. The number of aromatic nitrogens is 4. The van der Waals surface area contributed by atoms with Crippen LogP contribution in [0.4, 0.5) is 16.0 Å². The molecule has 1 aliphatic rings. The van der Waals surface area contributed by atoms with E-state index in [0.717, 1.165) is 0 Å². The molecule has 182 valence electrons. The maximum Gasteiger partial charge on any atom is 0.145 e. The second-order valence-corrected chi connectivity index (χ2v) is 9.55. The monoisotopic (exact) mass is 498 g/mol. The van der Waals surface area contributed by atoms with E-state index in [2.05, 4.69) is 15.0 Å². The lowest BCUT2D eigenvalue weighted by Gasteiger charge is -2.30. The first kappa shape index (κ1) is 23.4. The predicted octanol–water partition coefficient (Wildman–Crippen LogP) is 2.81. The Hall–Kier alpha value is -3.34. The zero-order valence-electron chi connectivity index (χ0n) is 18.8. The van der Waals surface area contributed by atoms with Gasteiger partial charge in [-0.15, -0.1) is 0 Å². The molecule has 6 N–H and O–H groups in total. The Balaban J connectivity index is 1.47. The molecule has 4 aromatic rings. The maximum atomic E-state index is 14.8. The Morgan fingerprint density at radius 3 is 2.74 bits per heavy atom. The lowest BCUT2D eigenvalue weighted by molar-refractivity contribution is -0.134. The molecule has 1 saturated carbocycles. The fraction of sp³-hybridized carbons (Fsp3) is 0.333. The first-order chi connectivity index (χ1) is 16.6. The van der Waals surface area contributed by atoms with Gasteiger partial charge >= 0.3 is 0 Å². The van der Waals surface area contributed by atoms with Crippen molar-refractivity contribution in [3.05, 3.63) is 53.2 Å². The molecule has 0 spiro atoms. The smallest absolute Gasteiger partial charge is 0.145 e.